The lowest BCUT2D eigenvalue weighted by atomic mass is 10.2. The molecule has 0 saturated carbocycles. The zero-order chi connectivity index (χ0) is 17.1. The molecule has 2 aromatic carbocycles. The van der Waals surface area contributed by atoms with Crippen LogP contribution in [-0.2, 0) is 11.2 Å². The molecular weight excluding hydrogens is 366 g/mol. The summed E-state index contributed by atoms with van der Waals surface area (Å²) in [5, 5.41) is 7.12. The molecule has 1 atom stereocenters. The van der Waals surface area contributed by atoms with Crippen molar-refractivity contribution in [3.05, 3.63) is 64.8 Å². The number of aryl methyl sites for hydroxylation is 1. The second kappa shape index (κ2) is 7.31. The maximum atomic E-state index is 12.7. The minimum absolute atomic E-state index is 0.0638. The number of hydrogen-bond acceptors (Lipinski definition) is 5. The van der Waals surface area contributed by atoms with Gasteiger partial charge in [-0.15, -0.1) is 5.10 Å². The lowest BCUT2D eigenvalue weighted by molar-refractivity contribution is 0.101. The smallest absolute Gasteiger partial charge is 0.282 e. The van der Waals surface area contributed by atoms with Crippen molar-refractivity contribution < 1.29 is 9.35 Å². The molecular formula is C16H12ClN3O2S2. The molecule has 5 nitrogen and oxygen atoms in total. The highest BCUT2D eigenvalue weighted by Gasteiger charge is 2.28. The highest BCUT2D eigenvalue weighted by Crippen LogP contribution is 2.27. The predicted octanol–water partition coefficient (Wildman–Crippen LogP) is 3.92. The van der Waals surface area contributed by atoms with Crippen molar-refractivity contribution in [3.63, 3.8) is 0 Å². The Kier molecular flexibility index (Phi) is 5.15. The van der Waals surface area contributed by atoms with Crippen LogP contribution in [0.2, 0.25) is 5.02 Å². The molecule has 0 saturated heterocycles. The molecule has 1 aromatic heterocycles. The van der Waals surface area contributed by atoms with Gasteiger partial charge in [-0.05, 0) is 43.3 Å². The van der Waals surface area contributed by atoms with E-state index in [1.807, 2.05) is 19.1 Å². The van der Waals surface area contributed by atoms with Gasteiger partial charge in [0.05, 0.1) is 0 Å². The Labute approximate surface area is 151 Å². The van der Waals surface area contributed by atoms with Crippen LogP contribution in [0.5, 0.6) is 0 Å². The second-order valence-corrected chi connectivity index (χ2v) is 7.82. The number of hydrogen-bond donors (Lipinski definition) is 1. The fourth-order valence-corrected chi connectivity index (χ4v) is 4.04. The van der Waals surface area contributed by atoms with Crippen LogP contribution in [0, 0.1) is 6.92 Å². The molecule has 8 heteroatoms. The molecule has 24 heavy (non-hydrogen) atoms. The lowest BCUT2D eigenvalue weighted by Gasteiger charge is -2.09. The van der Waals surface area contributed by atoms with Crippen LogP contribution < -0.4 is 5.32 Å². The minimum atomic E-state index is -1.54. The van der Waals surface area contributed by atoms with E-state index < -0.39 is 17.1 Å². The van der Waals surface area contributed by atoms with E-state index in [2.05, 4.69) is 14.9 Å². The molecule has 1 unspecified atom stereocenters. The molecule has 0 aliphatic heterocycles. The summed E-state index contributed by atoms with van der Waals surface area (Å²) in [5.41, 5.74) is 1.79. The number of amides is 1. The van der Waals surface area contributed by atoms with Crippen molar-refractivity contribution in [1.82, 2.24) is 9.59 Å². The maximum absolute atomic E-state index is 12.7. The Morgan fingerprint density at radius 1 is 1.17 bits per heavy atom. The summed E-state index contributed by atoms with van der Waals surface area (Å²) in [6, 6.07) is 14.0. The number of carbonyl (C=O) groups excluding carboxylic acids is 1. The Balaban J connectivity index is 1.82. The third-order valence-corrected chi connectivity index (χ3v) is 5.86. The molecule has 0 spiro atoms. The molecule has 0 aliphatic rings. The van der Waals surface area contributed by atoms with Gasteiger partial charge in [0, 0.05) is 33.4 Å². The summed E-state index contributed by atoms with van der Waals surface area (Å²) < 4.78 is 16.7. The Bertz CT molecular complexity index is 851. The van der Waals surface area contributed by atoms with Crippen molar-refractivity contribution >= 4 is 45.9 Å². The zero-order valence-corrected chi connectivity index (χ0v) is 14.9. The number of nitrogens with zero attached hydrogens (tertiary/aromatic N) is 2. The normalized spacial score (nSPS) is 12.0. The number of carbonyl (C=O) groups is 1. The van der Waals surface area contributed by atoms with Crippen molar-refractivity contribution in [2.75, 3.05) is 5.32 Å². The standard InChI is InChI=1S/C16H12ClN3O2S2/c1-10-2-6-12(7-3-10)18-15(21)14-16(23-20-19-14)24(22)13-8-4-11(17)5-9-13/h2-9H,1H3,(H,18,21). The van der Waals surface area contributed by atoms with Crippen LogP contribution in [0.3, 0.4) is 0 Å². The number of halogens is 1. The van der Waals surface area contributed by atoms with Crippen LogP contribution in [-0.4, -0.2) is 20.0 Å². The first-order valence-corrected chi connectivity index (χ1v) is 9.22. The minimum Gasteiger partial charge on any atom is -0.606 e. The summed E-state index contributed by atoms with van der Waals surface area (Å²) in [6.07, 6.45) is 0. The number of nitrogens with one attached hydrogen (secondary N) is 1. The monoisotopic (exact) mass is 377 g/mol. The first kappa shape index (κ1) is 16.9. The molecule has 0 aliphatic carbocycles. The highest BCUT2D eigenvalue weighted by atomic mass is 35.5. The van der Waals surface area contributed by atoms with Gasteiger partial charge in [0.15, 0.2) is 4.90 Å². The fraction of sp³-hybridized carbons (Fsp3) is 0.0625. The van der Waals surface area contributed by atoms with Gasteiger partial charge in [-0.3, -0.25) is 4.79 Å². The molecule has 0 bridgehead atoms. The molecule has 3 aromatic rings. The predicted molar refractivity (Wildman–Crippen MR) is 95.2 cm³/mol. The van der Waals surface area contributed by atoms with E-state index in [0.29, 0.717) is 19.8 Å². The van der Waals surface area contributed by atoms with Crippen molar-refractivity contribution in [2.24, 2.45) is 0 Å². The van der Waals surface area contributed by atoms with Crippen molar-refractivity contribution in [3.8, 4) is 0 Å². The van der Waals surface area contributed by atoms with E-state index in [-0.39, 0.29) is 5.69 Å². The summed E-state index contributed by atoms with van der Waals surface area (Å²) in [5.74, 6) is -0.440. The third kappa shape index (κ3) is 3.76. The molecule has 0 fully saturated rings. The van der Waals surface area contributed by atoms with E-state index in [9.17, 15) is 9.35 Å². The van der Waals surface area contributed by atoms with E-state index >= 15 is 0 Å². The molecule has 122 valence electrons. The Hall–Kier alpha value is -1.93. The molecule has 1 heterocycles. The fourth-order valence-electron chi connectivity index (χ4n) is 1.93. The van der Waals surface area contributed by atoms with Crippen LogP contribution in [0.25, 0.3) is 0 Å². The summed E-state index contributed by atoms with van der Waals surface area (Å²) in [6.45, 7) is 1.96. The maximum Gasteiger partial charge on any atom is 0.282 e. The van der Waals surface area contributed by atoms with Gasteiger partial charge >= 0.3 is 0 Å². The van der Waals surface area contributed by atoms with E-state index in [1.54, 1.807) is 36.4 Å². The lowest BCUT2D eigenvalue weighted by Crippen LogP contribution is -2.16. The van der Waals surface area contributed by atoms with E-state index in [4.69, 9.17) is 11.6 Å². The van der Waals surface area contributed by atoms with Crippen molar-refractivity contribution in [2.45, 2.75) is 16.0 Å². The van der Waals surface area contributed by atoms with Crippen molar-refractivity contribution in [1.29, 1.82) is 0 Å². The first-order valence-electron chi connectivity index (χ1n) is 6.92. The number of rotatable bonds is 4. The topological polar surface area (TPSA) is 77.9 Å². The van der Waals surface area contributed by atoms with Gasteiger partial charge in [0.1, 0.15) is 0 Å². The van der Waals surface area contributed by atoms with E-state index in [0.717, 1.165) is 17.1 Å². The van der Waals surface area contributed by atoms with Crippen LogP contribution >= 0.6 is 23.1 Å². The van der Waals surface area contributed by atoms with Gasteiger partial charge in [0.25, 0.3) is 10.1 Å². The summed E-state index contributed by atoms with van der Waals surface area (Å²) >= 11 is 5.24. The molecule has 3 rings (SSSR count). The molecule has 1 N–H and O–H groups in total. The Morgan fingerprint density at radius 3 is 2.50 bits per heavy atom. The van der Waals surface area contributed by atoms with Gasteiger partial charge in [-0.2, -0.15) is 0 Å². The van der Waals surface area contributed by atoms with Gasteiger partial charge < -0.3 is 9.87 Å². The number of benzene rings is 2. The van der Waals surface area contributed by atoms with Gasteiger partial charge in [-0.1, -0.05) is 33.8 Å². The number of aromatic nitrogens is 2. The summed E-state index contributed by atoms with van der Waals surface area (Å²) in [7, 11) is 0. The second-order valence-electron chi connectivity index (χ2n) is 4.95. The van der Waals surface area contributed by atoms with Crippen LogP contribution in [0.4, 0.5) is 5.69 Å². The molecule has 1 amide bonds. The summed E-state index contributed by atoms with van der Waals surface area (Å²) in [4.78, 5) is 12.9. The van der Waals surface area contributed by atoms with Gasteiger partial charge in [-0.25, -0.2) is 0 Å². The average molecular weight is 378 g/mol. The van der Waals surface area contributed by atoms with Crippen LogP contribution in [0.15, 0.2) is 57.6 Å². The zero-order valence-electron chi connectivity index (χ0n) is 12.5. The largest absolute Gasteiger partial charge is 0.606 e. The Morgan fingerprint density at radius 2 is 1.83 bits per heavy atom. The quantitative estimate of drug-likeness (QED) is 0.699. The van der Waals surface area contributed by atoms with E-state index in [1.165, 1.54) is 0 Å². The third-order valence-electron chi connectivity index (χ3n) is 3.18. The SMILES string of the molecule is Cc1ccc(NC(=O)c2nnsc2[S+]([O-])c2ccc(Cl)cc2)cc1. The van der Waals surface area contributed by atoms with Crippen LogP contribution in [0.1, 0.15) is 16.1 Å². The molecule has 0 radical (unpaired) electrons. The average Bonchev–Trinajstić information content (AvgIpc) is 3.07. The highest BCUT2D eigenvalue weighted by molar-refractivity contribution is 7.93. The van der Waals surface area contributed by atoms with Gasteiger partial charge in [0.2, 0.25) is 5.69 Å². The number of anilines is 1. The first-order chi connectivity index (χ1) is 11.5.